The number of nitrogens with zero attached hydrogens (tertiary/aromatic N) is 1. The number of rotatable bonds is 4. The summed E-state index contributed by atoms with van der Waals surface area (Å²) in [6.07, 6.45) is 0.300. The normalized spacial score (nSPS) is 17.8. The highest BCUT2D eigenvalue weighted by molar-refractivity contribution is 7.91. The van der Waals surface area contributed by atoms with Crippen LogP contribution >= 0.6 is 0 Å². The Hall–Kier alpha value is -3.33. The highest BCUT2D eigenvalue weighted by Crippen LogP contribution is 2.57. The first-order valence-corrected chi connectivity index (χ1v) is 10.0. The monoisotopic (exact) mass is 459 g/mol. The van der Waals surface area contributed by atoms with E-state index in [0.29, 0.717) is 6.07 Å². The lowest BCUT2D eigenvalue weighted by molar-refractivity contribution is -0.280. The van der Waals surface area contributed by atoms with E-state index in [0.717, 1.165) is 36.8 Å². The van der Waals surface area contributed by atoms with E-state index in [2.05, 4.69) is 0 Å². The molecule has 4 rings (SSSR count). The molecular weight excluding hydrogens is 449 g/mol. The van der Waals surface area contributed by atoms with Crippen LogP contribution in [-0.4, -0.2) is 20.1 Å². The number of alkyl halides is 4. The van der Waals surface area contributed by atoms with Gasteiger partial charge in [-0.3, -0.25) is 0 Å². The number of hydrogen-bond donors (Lipinski definition) is 0. The molecule has 0 unspecified atom stereocenters. The van der Waals surface area contributed by atoms with Gasteiger partial charge in [-0.1, -0.05) is 0 Å². The van der Waals surface area contributed by atoms with Crippen molar-refractivity contribution >= 4 is 9.84 Å². The fourth-order valence-corrected chi connectivity index (χ4v) is 4.46. The van der Waals surface area contributed by atoms with Gasteiger partial charge in [0.25, 0.3) is 0 Å². The van der Waals surface area contributed by atoms with E-state index < -0.39 is 55.6 Å². The molecule has 0 amide bonds. The molecule has 0 aromatic heterocycles. The lowest BCUT2D eigenvalue weighted by Crippen LogP contribution is -2.43. The summed E-state index contributed by atoms with van der Waals surface area (Å²) < 4.78 is 110. The zero-order chi connectivity index (χ0) is 22.6. The molecule has 1 heterocycles. The first kappa shape index (κ1) is 20.9. The Balaban J connectivity index is 1.94. The first-order chi connectivity index (χ1) is 14.5. The van der Waals surface area contributed by atoms with E-state index in [1.807, 2.05) is 0 Å². The minimum Gasteiger partial charge on any atom is -0.457 e. The van der Waals surface area contributed by atoms with E-state index in [9.17, 15) is 30.4 Å². The third kappa shape index (κ3) is 3.07. The van der Waals surface area contributed by atoms with Crippen molar-refractivity contribution in [3.8, 4) is 17.6 Å². The molecule has 1 aliphatic heterocycles. The minimum atomic E-state index is -5.34. The van der Waals surface area contributed by atoms with E-state index in [1.54, 1.807) is 6.07 Å². The minimum absolute atomic E-state index is 0.128. The largest absolute Gasteiger partial charge is 0.457 e. The molecule has 0 fully saturated rings. The van der Waals surface area contributed by atoms with Crippen molar-refractivity contribution in [2.45, 2.75) is 28.8 Å². The van der Waals surface area contributed by atoms with Crippen LogP contribution in [0.1, 0.15) is 16.7 Å². The lowest BCUT2D eigenvalue weighted by Gasteiger charge is -2.30. The third-order valence-corrected chi connectivity index (χ3v) is 6.16. The molecule has 1 spiro atoms. The zero-order valence-electron chi connectivity index (χ0n) is 15.1. The van der Waals surface area contributed by atoms with Crippen LogP contribution in [0.3, 0.4) is 0 Å². The van der Waals surface area contributed by atoms with Crippen LogP contribution < -0.4 is 4.74 Å². The van der Waals surface area contributed by atoms with Crippen LogP contribution in [0.25, 0.3) is 0 Å². The van der Waals surface area contributed by atoms with Crippen LogP contribution in [0.4, 0.5) is 22.0 Å². The number of benzene rings is 2. The van der Waals surface area contributed by atoms with Gasteiger partial charge in [-0.05, 0) is 24.3 Å². The SMILES string of the molecule is N#Cc1cc(F)cc(Oc2ccc(S(=O)(=O)C(F)F)c3c2CC(F)(F)C32OC=CO2)c1. The van der Waals surface area contributed by atoms with Crippen molar-refractivity contribution in [1.82, 2.24) is 0 Å². The van der Waals surface area contributed by atoms with Gasteiger partial charge in [0.15, 0.2) is 0 Å². The van der Waals surface area contributed by atoms with Gasteiger partial charge in [0.2, 0.25) is 9.84 Å². The Morgan fingerprint density at radius 1 is 1.13 bits per heavy atom. The molecule has 12 heteroatoms. The van der Waals surface area contributed by atoms with Gasteiger partial charge >= 0.3 is 17.5 Å². The highest BCUT2D eigenvalue weighted by Gasteiger charge is 2.68. The summed E-state index contributed by atoms with van der Waals surface area (Å²) in [5.74, 6) is -12.2. The summed E-state index contributed by atoms with van der Waals surface area (Å²) in [7, 11) is -5.34. The van der Waals surface area contributed by atoms with Crippen LogP contribution in [0.5, 0.6) is 11.5 Å². The van der Waals surface area contributed by atoms with Crippen molar-refractivity contribution in [1.29, 1.82) is 5.26 Å². The van der Waals surface area contributed by atoms with Gasteiger partial charge < -0.3 is 14.2 Å². The molecule has 0 N–H and O–H groups in total. The second kappa shape index (κ2) is 6.84. The Kier molecular flexibility index (Phi) is 4.62. The first-order valence-electron chi connectivity index (χ1n) is 8.47. The van der Waals surface area contributed by atoms with Crippen LogP contribution in [0.2, 0.25) is 0 Å². The molecule has 6 nitrogen and oxygen atoms in total. The van der Waals surface area contributed by atoms with Gasteiger partial charge in [-0.2, -0.15) is 22.8 Å². The quantitative estimate of drug-likeness (QED) is 0.632. The third-order valence-electron chi connectivity index (χ3n) is 4.73. The molecule has 0 saturated carbocycles. The molecule has 0 saturated heterocycles. The Morgan fingerprint density at radius 2 is 1.81 bits per heavy atom. The van der Waals surface area contributed by atoms with E-state index in [4.69, 9.17) is 19.5 Å². The fourth-order valence-electron chi connectivity index (χ4n) is 3.47. The number of fused-ring (bicyclic) bond motifs is 2. The van der Waals surface area contributed by atoms with Crippen LogP contribution in [0.15, 0.2) is 47.8 Å². The van der Waals surface area contributed by atoms with Crippen LogP contribution in [-0.2, 0) is 31.5 Å². The summed E-state index contributed by atoms with van der Waals surface area (Å²) in [5, 5.41) is 8.94. The van der Waals surface area contributed by atoms with Gasteiger partial charge in [0, 0.05) is 18.1 Å². The van der Waals surface area contributed by atoms with Gasteiger partial charge in [-0.25, -0.2) is 12.8 Å². The Morgan fingerprint density at radius 3 is 2.42 bits per heavy atom. The molecule has 0 bridgehead atoms. The van der Waals surface area contributed by atoms with Crippen molar-refractivity contribution in [3.63, 3.8) is 0 Å². The molecule has 2 aromatic carbocycles. The number of ether oxygens (including phenoxy) is 3. The number of sulfone groups is 1. The van der Waals surface area contributed by atoms with Crippen molar-refractivity contribution in [2.24, 2.45) is 0 Å². The molecule has 0 radical (unpaired) electrons. The summed E-state index contributed by atoms with van der Waals surface area (Å²) in [4.78, 5) is -1.11. The maximum absolute atomic E-state index is 14.9. The Labute approximate surface area is 172 Å². The zero-order valence-corrected chi connectivity index (χ0v) is 15.9. The molecule has 2 aliphatic rings. The lowest BCUT2D eigenvalue weighted by atomic mass is 10.1. The van der Waals surface area contributed by atoms with E-state index >= 15 is 0 Å². The van der Waals surface area contributed by atoms with Crippen molar-refractivity contribution in [2.75, 3.05) is 0 Å². The predicted molar refractivity (Wildman–Crippen MR) is 92.5 cm³/mol. The average molecular weight is 459 g/mol. The maximum atomic E-state index is 14.9. The fraction of sp³-hybridized carbons (Fsp3) is 0.211. The predicted octanol–water partition coefficient (Wildman–Crippen LogP) is 4.35. The smallest absolute Gasteiger partial charge is 0.344 e. The summed E-state index contributed by atoms with van der Waals surface area (Å²) >= 11 is 0. The molecule has 2 aromatic rings. The molecule has 1 aliphatic carbocycles. The van der Waals surface area contributed by atoms with Crippen molar-refractivity contribution in [3.05, 3.63) is 65.4 Å². The van der Waals surface area contributed by atoms with Gasteiger partial charge in [0.05, 0.1) is 22.1 Å². The molecular formula is C19H10F5NO5S. The Bertz CT molecular complexity index is 1250. The summed E-state index contributed by atoms with van der Waals surface area (Å²) in [6, 6.07) is 6.13. The number of nitriles is 1. The average Bonchev–Trinajstić information content (AvgIpc) is 3.27. The summed E-state index contributed by atoms with van der Waals surface area (Å²) in [6.45, 7) is 0. The molecule has 31 heavy (non-hydrogen) atoms. The second-order valence-electron chi connectivity index (χ2n) is 6.62. The molecule has 162 valence electrons. The van der Waals surface area contributed by atoms with E-state index in [-0.39, 0.29) is 17.1 Å². The van der Waals surface area contributed by atoms with Crippen molar-refractivity contribution < 1.29 is 44.6 Å². The van der Waals surface area contributed by atoms with E-state index in [1.165, 1.54) is 0 Å². The van der Waals surface area contributed by atoms with Crippen LogP contribution in [0, 0.1) is 17.1 Å². The summed E-state index contributed by atoms with van der Waals surface area (Å²) in [5.41, 5.74) is -1.44. The van der Waals surface area contributed by atoms with Gasteiger partial charge in [0.1, 0.15) is 29.8 Å². The number of halogens is 5. The molecule has 0 atom stereocenters. The second-order valence-corrected chi connectivity index (χ2v) is 8.50. The van der Waals surface area contributed by atoms with Gasteiger partial charge in [-0.15, -0.1) is 0 Å². The number of hydrogen-bond acceptors (Lipinski definition) is 6. The maximum Gasteiger partial charge on any atom is 0.344 e. The standard InChI is InChI=1S/C19H10F5NO5S/c20-11-5-10(9-25)6-12(7-11)30-14-1-2-15(31(26,27)17(21)22)16-13(14)8-18(23,24)19(16)28-3-4-29-19/h1-7,17H,8H2. The highest BCUT2D eigenvalue weighted by atomic mass is 32.2. The topological polar surface area (TPSA) is 85.6 Å².